The van der Waals surface area contributed by atoms with E-state index in [1.807, 2.05) is 19.1 Å². The van der Waals surface area contributed by atoms with Gasteiger partial charge in [0.05, 0.1) is 0 Å². The Morgan fingerprint density at radius 3 is 2.50 bits per heavy atom. The Hall–Kier alpha value is -0.200. The first-order chi connectivity index (χ1) is 6.56. The fourth-order valence-corrected chi connectivity index (χ4v) is 1.74. The highest BCUT2D eigenvalue weighted by Crippen LogP contribution is 2.17. The van der Waals surface area contributed by atoms with Crippen LogP contribution in [0.15, 0.2) is 34.9 Å². The van der Waals surface area contributed by atoms with E-state index < -0.39 is 0 Å². The van der Waals surface area contributed by atoms with Gasteiger partial charge in [0.1, 0.15) is 0 Å². The molecule has 80 valence electrons. The zero-order chi connectivity index (χ0) is 11.1. The van der Waals surface area contributed by atoms with Crippen molar-refractivity contribution in [2.75, 3.05) is 12.8 Å². The number of hydrogen-bond donors (Lipinski definition) is 1. The number of rotatable bonds is 5. The van der Waals surface area contributed by atoms with Crippen LogP contribution in [0.3, 0.4) is 0 Å². The second-order valence-electron chi connectivity index (χ2n) is 3.03. The molecule has 0 radical (unpaired) electrons. The first kappa shape index (κ1) is 13.8. The standard InChI is InChI=1S/C11H20NPS/c1-5-11(14)7-9(3)10(4)12(6-2)8-13/h5,7,14H,4,6,8,13H2,1-3H3/b9-7-,11-5+. The van der Waals surface area contributed by atoms with Crippen molar-refractivity contribution in [3.8, 4) is 0 Å². The molecule has 0 fully saturated rings. The lowest BCUT2D eigenvalue weighted by atomic mass is 10.2. The van der Waals surface area contributed by atoms with E-state index >= 15 is 0 Å². The second-order valence-corrected chi connectivity index (χ2v) is 3.91. The topological polar surface area (TPSA) is 3.24 Å². The van der Waals surface area contributed by atoms with E-state index in [4.69, 9.17) is 0 Å². The number of hydrogen-bond acceptors (Lipinski definition) is 2. The maximum atomic E-state index is 4.31. The highest BCUT2D eigenvalue weighted by atomic mass is 32.1. The Labute approximate surface area is 95.6 Å². The number of likely N-dealkylation sites (N-methyl/N-ethyl adjacent to an activating group) is 1. The molecule has 0 rings (SSSR count). The van der Waals surface area contributed by atoms with Crippen LogP contribution in [0.2, 0.25) is 0 Å². The molecule has 0 bridgehead atoms. The van der Waals surface area contributed by atoms with Gasteiger partial charge in [0, 0.05) is 23.4 Å². The summed E-state index contributed by atoms with van der Waals surface area (Å²) in [5.41, 5.74) is 2.23. The lowest BCUT2D eigenvalue weighted by Gasteiger charge is -2.23. The molecule has 0 aliphatic carbocycles. The molecule has 3 heteroatoms. The maximum absolute atomic E-state index is 4.31. The minimum absolute atomic E-state index is 0.915. The van der Waals surface area contributed by atoms with Gasteiger partial charge < -0.3 is 4.90 Å². The van der Waals surface area contributed by atoms with Gasteiger partial charge in [-0.1, -0.05) is 12.7 Å². The summed E-state index contributed by atoms with van der Waals surface area (Å²) < 4.78 is 0. The zero-order valence-electron chi connectivity index (χ0n) is 9.25. The van der Waals surface area contributed by atoms with Crippen LogP contribution < -0.4 is 0 Å². The molecule has 0 N–H and O–H groups in total. The molecule has 0 aromatic rings. The molecule has 1 atom stereocenters. The minimum atomic E-state index is 0.915. The summed E-state index contributed by atoms with van der Waals surface area (Å²) in [5.74, 6) is 0. The molecule has 0 amide bonds. The Balaban J connectivity index is 4.60. The van der Waals surface area contributed by atoms with Gasteiger partial charge in [-0.25, -0.2) is 0 Å². The van der Waals surface area contributed by atoms with Crippen LogP contribution in [0.4, 0.5) is 0 Å². The summed E-state index contributed by atoms with van der Waals surface area (Å²) in [4.78, 5) is 3.18. The summed E-state index contributed by atoms with van der Waals surface area (Å²) in [7, 11) is 2.71. The zero-order valence-corrected chi connectivity index (χ0v) is 11.3. The lowest BCUT2D eigenvalue weighted by molar-refractivity contribution is 0.434. The van der Waals surface area contributed by atoms with Gasteiger partial charge in [-0.05, 0) is 32.4 Å². The van der Waals surface area contributed by atoms with Crippen molar-refractivity contribution >= 4 is 21.9 Å². The first-order valence-corrected chi connectivity index (χ1v) is 6.01. The Bertz CT molecular complexity index is 252. The van der Waals surface area contributed by atoms with Crippen molar-refractivity contribution in [2.45, 2.75) is 20.8 Å². The fraction of sp³-hybridized carbons (Fsp3) is 0.455. The quantitative estimate of drug-likeness (QED) is 0.429. The second kappa shape index (κ2) is 7.14. The molecule has 0 aliphatic rings. The van der Waals surface area contributed by atoms with Gasteiger partial charge in [0.15, 0.2) is 0 Å². The van der Waals surface area contributed by atoms with Crippen LogP contribution in [0.5, 0.6) is 0 Å². The van der Waals surface area contributed by atoms with E-state index in [9.17, 15) is 0 Å². The van der Waals surface area contributed by atoms with Gasteiger partial charge >= 0.3 is 0 Å². The number of nitrogens with zero attached hydrogens (tertiary/aromatic N) is 1. The van der Waals surface area contributed by atoms with Crippen molar-refractivity contribution in [1.82, 2.24) is 4.90 Å². The van der Waals surface area contributed by atoms with E-state index in [2.05, 4.69) is 47.2 Å². The van der Waals surface area contributed by atoms with E-state index in [1.165, 1.54) is 0 Å². The summed E-state index contributed by atoms with van der Waals surface area (Å²) in [5, 5.41) is 0. The van der Waals surface area contributed by atoms with Crippen molar-refractivity contribution in [2.24, 2.45) is 0 Å². The van der Waals surface area contributed by atoms with Crippen molar-refractivity contribution in [3.63, 3.8) is 0 Å². The van der Waals surface area contributed by atoms with Gasteiger partial charge in [-0.15, -0.1) is 21.9 Å². The van der Waals surface area contributed by atoms with Crippen LogP contribution in [0, 0.1) is 0 Å². The molecule has 0 heterocycles. The monoisotopic (exact) mass is 229 g/mol. The molecule has 0 aromatic heterocycles. The minimum Gasteiger partial charge on any atom is -0.368 e. The molecule has 1 nitrogen and oxygen atoms in total. The highest BCUT2D eigenvalue weighted by molar-refractivity contribution is 7.84. The SMILES string of the molecule is C=C(/C(C)=C\C(S)=C/C)N(CC)CP. The van der Waals surface area contributed by atoms with E-state index in [1.54, 1.807) is 0 Å². The summed E-state index contributed by atoms with van der Waals surface area (Å²) >= 11 is 4.31. The third kappa shape index (κ3) is 4.34. The van der Waals surface area contributed by atoms with Crippen LogP contribution in [-0.4, -0.2) is 17.7 Å². The van der Waals surface area contributed by atoms with Crippen LogP contribution in [0.25, 0.3) is 0 Å². The van der Waals surface area contributed by atoms with Gasteiger partial charge in [0.25, 0.3) is 0 Å². The smallest absolute Gasteiger partial charge is 0.0326 e. The van der Waals surface area contributed by atoms with Gasteiger partial charge in [-0.2, -0.15) is 0 Å². The van der Waals surface area contributed by atoms with Crippen LogP contribution in [-0.2, 0) is 0 Å². The third-order valence-electron chi connectivity index (χ3n) is 2.10. The van der Waals surface area contributed by atoms with Crippen molar-refractivity contribution < 1.29 is 0 Å². The molecule has 0 saturated heterocycles. The molecule has 14 heavy (non-hydrogen) atoms. The summed E-state index contributed by atoms with van der Waals surface area (Å²) in [6, 6.07) is 0. The average Bonchev–Trinajstić information content (AvgIpc) is 2.19. The lowest BCUT2D eigenvalue weighted by Crippen LogP contribution is -2.20. The summed E-state index contributed by atoms with van der Waals surface area (Å²) in [6.07, 6.45) is 4.92. The molecular formula is C11H20NPS. The molecular weight excluding hydrogens is 209 g/mol. The van der Waals surface area contributed by atoms with Gasteiger partial charge in [0.2, 0.25) is 0 Å². The maximum Gasteiger partial charge on any atom is 0.0326 e. The molecule has 0 aromatic carbocycles. The first-order valence-electron chi connectivity index (χ1n) is 4.74. The van der Waals surface area contributed by atoms with Gasteiger partial charge in [-0.3, -0.25) is 0 Å². The Kier molecular flexibility index (Phi) is 7.04. The van der Waals surface area contributed by atoms with Crippen molar-refractivity contribution in [3.05, 3.63) is 34.9 Å². The van der Waals surface area contributed by atoms with Crippen LogP contribution in [0.1, 0.15) is 20.8 Å². The van der Waals surface area contributed by atoms with E-state index in [0.717, 1.165) is 29.0 Å². The van der Waals surface area contributed by atoms with E-state index in [0.29, 0.717) is 0 Å². The molecule has 0 aliphatic heterocycles. The Morgan fingerprint density at radius 2 is 2.14 bits per heavy atom. The normalized spacial score (nSPS) is 12.9. The predicted molar refractivity (Wildman–Crippen MR) is 72.6 cm³/mol. The fourth-order valence-electron chi connectivity index (χ4n) is 1.07. The summed E-state index contributed by atoms with van der Waals surface area (Å²) in [6.45, 7) is 11.2. The average molecular weight is 229 g/mol. The van der Waals surface area contributed by atoms with Crippen molar-refractivity contribution in [1.29, 1.82) is 0 Å². The third-order valence-corrected chi connectivity index (χ3v) is 2.93. The predicted octanol–water partition coefficient (Wildman–Crippen LogP) is 3.43. The largest absolute Gasteiger partial charge is 0.368 e. The number of thiol groups is 1. The molecule has 1 unspecified atom stereocenters. The highest BCUT2D eigenvalue weighted by Gasteiger charge is 2.04. The van der Waals surface area contributed by atoms with Crippen LogP contribution >= 0.6 is 21.9 Å². The number of allylic oxidation sites excluding steroid dienone is 3. The molecule has 0 spiro atoms. The Morgan fingerprint density at radius 1 is 1.57 bits per heavy atom. The van der Waals surface area contributed by atoms with E-state index in [-0.39, 0.29) is 0 Å². The molecule has 0 saturated carbocycles.